The molecular formula is C12H20N2O4S. The van der Waals surface area contributed by atoms with Gasteiger partial charge in [-0.25, -0.2) is 8.42 Å². The van der Waals surface area contributed by atoms with Gasteiger partial charge in [-0.15, -0.1) is 0 Å². The lowest BCUT2D eigenvalue weighted by atomic mass is 10.3. The van der Waals surface area contributed by atoms with E-state index in [9.17, 15) is 8.42 Å². The molecule has 0 aliphatic heterocycles. The van der Waals surface area contributed by atoms with Gasteiger partial charge in [0.25, 0.3) is 0 Å². The zero-order chi connectivity index (χ0) is 14.1. The largest absolute Gasteiger partial charge is 0.492 e. The van der Waals surface area contributed by atoms with E-state index >= 15 is 0 Å². The van der Waals surface area contributed by atoms with E-state index in [1.807, 2.05) is 0 Å². The van der Waals surface area contributed by atoms with Gasteiger partial charge in [0.2, 0.25) is 10.0 Å². The molecule has 0 bridgehead atoms. The van der Waals surface area contributed by atoms with Gasteiger partial charge in [-0.3, -0.25) is 4.72 Å². The number of anilines is 1. The normalized spacial score (nSPS) is 11.3. The molecule has 0 aromatic heterocycles. The third kappa shape index (κ3) is 6.42. The first-order chi connectivity index (χ1) is 9.07. The van der Waals surface area contributed by atoms with E-state index in [-0.39, 0.29) is 5.75 Å². The minimum atomic E-state index is -3.33. The lowest BCUT2D eigenvalue weighted by molar-refractivity contribution is 0.199. The highest BCUT2D eigenvalue weighted by atomic mass is 32.2. The second-order valence-corrected chi connectivity index (χ2v) is 5.77. The average molecular weight is 288 g/mol. The van der Waals surface area contributed by atoms with E-state index in [0.717, 1.165) is 0 Å². The third-order valence-corrected chi connectivity index (χ3v) is 3.65. The Morgan fingerprint density at radius 1 is 1.21 bits per heavy atom. The van der Waals surface area contributed by atoms with Crippen molar-refractivity contribution in [3.63, 3.8) is 0 Å². The monoisotopic (exact) mass is 288 g/mol. The van der Waals surface area contributed by atoms with Crippen molar-refractivity contribution in [1.29, 1.82) is 0 Å². The summed E-state index contributed by atoms with van der Waals surface area (Å²) >= 11 is 0. The van der Waals surface area contributed by atoms with Crippen molar-refractivity contribution in [3.05, 3.63) is 24.3 Å². The maximum absolute atomic E-state index is 11.7. The van der Waals surface area contributed by atoms with Crippen LogP contribution in [0, 0.1) is 0 Å². The lowest BCUT2D eigenvalue weighted by Gasteiger charge is -2.09. The fourth-order valence-corrected chi connectivity index (χ4v) is 2.52. The van der Waals surface area contributed by atoms with E-state index in [4.69, 9.17) is 15.2 Å². The molecule has 1 rings (SSSR count). The molecule has 6 nitrogen and oxygen atoms in total. The van der Waals surface area contributed by atoms with E-state index in [1.165, 1.54) is 0 Å². The first kappa shape index (κ1) is 15.7. The molecule has 19 heavy (non-hydrogen) atoms. The highest BCUT2D eigenvalue weighted by Crippen LogP contribution is 2.16. The van der Waals surface area contributed by atoms with Gasteiger partial charge in [0, 0.05) is 25.9 Å². The van der Waals surface area contributed by atoms with Crippen LogP contribution in [0.25, 0.3) is 0 Å². The van der Waals surface area contributed by atoms with Crippen molar-refractivity contribution in [1.82, 2.24) is 0 Å². The van der Waals surface area contributed by atoms with Crippen LogP contribution in [0.4, 0.5) is 5.69 Å². The maximum Gasteiger partial charge on any atom is 0.232 e. The summed E-state index contributed by atoms with van der Waals surface area (Å²) in [6.45, 7) is 1.29. The molecule has 7 heteroatoms. The molecule has 0 saturated heterocycles. The van der Waals surface area contributed by atoms with Gasteiger partial charge >= 0.3 is 0 Å². The van der Waals surface area contributed by atoms with Crippen LogP contribution in [-0.4, -0.2) is 41.0 Å². The van der Waals surface area contributed by atoms with Gasteiger partial charge in [-0.2, -0.15) is 0 Å². The van der Waals surface area contributed by atoms with Gasteiger partial charge in [-0.05, 0) is 30.7 Å². The Bertz CT molecular complexity index is 459. The molecule has 0 atom stereocenters. The molecule has 0 aliphatic rings. The summed E-state index contributed by atoms with van der Waals surface area (Å²) in [6, 6.07) is 6.70. The first-order valence-electron chi connectivity index (χ1n) is 6.00. The number of methoxy groups -OCH3 is 1. The van der Waals surface area contributed by atoms with E-state index in [1.54, 1.807) is 31.4 Å². The predicted molar refractivity (Wildman–Crippen MR) is 74.9 cm³/mol. The van der Waals surface area contributed by atoms with E-state index in [2.05, 4.69) is 4.72 Å². The Labute approximate surface area is 113 Å². The number of nitrogens with one attached hydrogen (secondary N) is 1. The van der Waals surface area contributed by atoms with Crippen molar-refractivity contribution in [2.45, 2.75) is 6.42 Å². The third-order valence-electron chi connectivity index (χ3n) is 2.28. The van der Waals surface area contributed by atoms with Crippen LogP contribution in [0.15, 0.2) is 24.3 Å². The fourth-order valence-electron chi connectivity index (χ4n) is 1.42. The topological polar surface area (TPSA) is 90.7 Å². The standard InChI is InChI=1S/C12H20N2O4S/c1-17-8-2-10-19(15,16)14-11-3-5-12(6-4-11)18-9-7-13/h3-6,14H,2,7-10,13H2,1H3. The Hall–Kier alpha value is -1.31. The summed E-state index contributed by atoms with van der Waals surface area (Å²) in [5.41, 5.74) is 5.83. The second kappa shape index (κ2) is 7.98. The molecule has 0 saturated carbocycles. The Morgan fingerprint density at radius 3 is 2.47 bits per heavy atom. The highest BCUT2D eigenvalue weighted by Gasteiger charge is 2.09. The summed E-state index contributed by atoms with van der Waals surface area (Å²) in [5, 5.41) is 0. The Balaban J connectivity index is 2.52. The first-order valence-corrected chi connectivity index (χ1v) is 7.65. The van der Waals surface area contributed by atoms with Gasteiger partial charge in [0.15, 0.2) is 0 Å². The van der Waals surface area contributed by atoms with Crippen LogP contribution < -0.4 is 15.2 Å². The molecule has 1 aromatic rings. The van der Waals surface area contributed by atoms with Crippen molar-refractivity contribution in [2.24, 2.45) is 5.73 Å². The number of hydrogen-bond donors (Lipinski definition) is 2. The van der Waals surface area contributed by atoms with Gasteiger partial charge in [-0.1, -0.05) is 0 Å². The van der Waals surface area contributed by atoms with Crippen LogP contribution in [-0.2, 0) is 14.8 Å². The van der Waals surface area contributed by atoms with Crippen LogP contribution in [0.2, 0.25) is 0 Å². The lowest BCUT2D eigenvalue weighted by Crippen LogP contribution is -2.17. The molecule has 0 radical (unpaired) electrons. The second-order valence-electron chi connectivity index (χ2n) is 3.93. The molecular weight excluding hydrogens is 268 g/mol. The van der Waals surface area contributed by atoms with Gasteiger partial charge in [0.05, 0.1) is 5.75 Å². The molecule has 1 aromatic carbocycles. The highest BCUT2D eigenvalue weighted by molar-refractivity contribution is 7.92. The Morgan fingerprint density at radius 2 is 1.89 bits per heavy atom. The summed E-state index contributed by atoms with van der Waals surface area (Å²) in [7, 11) is -1.79. The number of sulfonamides is 1. The average Bonchev–Trinajstić information content (AvgIpc) is 2.38. The fraction of sp³-hybridized carbons (Fsp3) is 0.500. The smallest absolute Gasteiger partial charge is 0.232 e. The SMILES string of the molecule is COCCCS(=O)(=O)Nc1ccc(OCCN)cc1. The van der Waals surface area contributed by atoms with E-state index in [0.29, 0.717) is 37.6 Å². The number of rotatable bonds is 9. The van der Waals surface area contributed by atoms with Crippen LogP contribution in [0.1, 0.15) is 6.42 Å². The number of benzene rings is 1. The number of ether oxygens (including phenoxy) is 2. The summed E-state index contributed by atoms with van der Waals surface area (Å²) in [5.74, 6) is 0.694. The van der Waals surface area contributed by atoms with Crippen molar-refractivity contribution in [2.75, 3.05) is 37.3 Å². The van der Waals surface area contributed by atoms with Crippen molar-refractivity contribution < 1.29 is 17.9 Å². The number of nitrogens with two attached hydrogens (primary N) is 1. The minimum Gasteiger partial charge on any atom is -0.492 e. The molecule has 108 valence electrons. The summed E-state index contributed by atoms with van der Waals surface area (Å²) < 4.78 is 36.1. The van der Waals surface area contributed by atoms with Gasteiger partial charge < -0.3 is 15.2 Å². The number of hydrogen-bond acceptors (Lipinski definition) is 5. The molecule has 0 amide bonds. The van der Waals surface area contributed by atoms with Crippen molar-refractivity contribution in [3.8, 4) is 5.75 Å². The van der Waals surface area contributed by atoms with Crippen molar-refractivity contribution >= 4 is 15.7 Å². The molecule has 3 N–H and O–H groups in total. The van der Waals surface area contributed by atoms with Gasteiger partial charge in [0.1, 0.15) is 12.4 Å². The quantitative estimate of drug-likeness (QED) is 0.656. The van der Waals surface area contributed by atoms with E-state index < -0.39 is 10.0 Å². The van der Waals surface area contributed by atoms with Crippen LogP contribution >= 0.6 is 0 Å². The minimum absolute atomic E-state index is 0.0340. The molecule has 0 spiro atoms. The molecule has 0 heterocycles. The molecule has 0 fully saturated rings. The molecule has 0 aliphatic carbocycles. The zero-order valence-electron chi connectivity index (χ0n) is 11.0. The summed E-state index contributed by atoms with van der Waals surface area (Å²) in [6.07, 6.45) is 0.462. The maximum atomic E-state index is 11.7. The van der Waals surface area contributed by atoms with Crippen LogP contribution in [0.5, 0.6) is 5.75 Å². The van der Waals surface area contributed by atoms with Crippen LogP contribution in [0.3, 0.4) is 0 Å². The zero-order valence-corrected chi connectivity index (χ0v) is 11.8. The summed E-state index contributed by atoms with van der Waals surface area (Å²) in [4.78, 5) is 0. The molecule has 0 unspecified atom stereocenters. The predicted octanol–water partition coefficient (Wildman–Crippen LogP) is 0.802. The Kier molecular flexibility index (Phi) is 6.61.